The topological polar surface area (TPSA) is 92.8 Å². The summed E-state index contributed by atoms with van der Waals surface area (Å²) in [5.41, 5.74) is 4.40. The maximum Gasteiger partial charge on any atom is 0.168 e. The van der Waals surface area contributed by atoms with Gasteiger partial charge in [-0.3, -0.25) is 14.6 Å². The highest BCUT2D eigenvalue weighted by molar-refractivity contribution is 6.24. The molecule has 5 rings (SSSR count). The van der Waals surface area contributed by atoms with Crippen molar-refractivity contribution < 1.29 is 19.2 Å². The third kappa shape index (κ3) is 6.33. The van der Waals surface area contributed by atoms with Gasteiger partial charge in [-0.05, 0) is 35.8 Å². The molecule has 2 aliphatic rings. The number of fused-ring (bicyclic) bond motifs is 1. The van der Waals surface area contributed by atoms with Crippen LogP contribution in [0.5, 0.6) is 0 Å². The van der Waals surface area contributed by atoms with Crippen molar-refractivity contribution in [2.45, 2.75) is 83.0 Å². The molecule has 0 amide bonds. The monoisotopic (exact) mass is 538 g/mol. The molecule has 1 aromatic heterocycles. The zero-order chi connectivity index (χ0) is 27.9. The fourth-order valence-electron chi connectivity index (χ4n) is 6.01. The minimum Gasteiger partial charge on any atom is -0.511 e. The second-order valence-corrected chi connectivity index (χ2v) is 11.0. The standard InChI is InChI=1S/C34H38N2O4/c1-2-3-4-11-18-35-28-19-25(23-12-7-5-8-13-23)20-30(38)33(28)29(37)17-16-27-34-31(39)21-26(22-32(34)40-36-27)24-14-9-6-10-15-24/h5-10,12-15,25-26,37H,2-4,11,16-22H2,1H3. The highest BCUT2D eigenvalue weighted by Gasteiger charge is 2.34. The lowest BCUT2D eigenvalue weighted by atomic mass is 9.78. The number of ketones is 2. The minimum atomic E-state index is -0.0751. The van der Waals surface area contributed by atoms with Gasteiger partial charge in [-0.1, -0.05) is 92.0 Å². The number of allylic oxidation sites excluding steroid dienone is 2. The lowest BCUT2D eigenvalue weighted by Gasteiger charge is -2.26. The van der Waals surface area contributed by atoms with Crippen molar-refractivity contribution in [2.75, 3.05) is 6.54 Å². The molecule has 2 aliphatic carbocycles. The smallest absolute Gasteiger partial charge is 0.168 e. The summed E-state index contributed by atoms with van der Waals surface area (Å²) in [7, 11) is 0. The number of nitrogens with zero attached hydrogens (tertiary/aromatic N) is 2. The highest BCUT2D eigenvalue weighted by Crippen LogP contribution is 2.36. The summed E-state index contributed by atoms with van der Waals surface area (Å²) < 4.78 is 5.62. The van der Waals surface area contributed by atoms with Crippen LogP contribution in [-0.2, 0) is 17.6 Å². The zero-order valence-corrected chi connectivity index (χ0v) is 23.3. The van der Waals surface area contributed by atoms with Crippen molar-refractivity contribution >= 4 is 17.3 Å². The molecule has 3 aromatic rings. The fraction of sp³-hybridized carbons (Fsp3) is 0.412. The van der Waals surface area contributed by atoms with Gasteiger partial charge in [0.2, 0.25) is 0 Å². The number of hydrogen-bond acceptors (Lipinski definition) is 6. The Labute approximate surface area is 236 Å². The Bertz CT molecular complexity index is 1390. The number of benzene rings is 2. The number of hydrogen-bond donors (Lipinski definition) is 1. The third-order valence-corrected chi connectivity index (χ3v) is 8.16. The van der Waals surface area contributed by atoms with Gasteiger partial charge in [0.1, 0.15) is 11.5 Å². The van der Waals surface area contributed by atoms with E-state index in [1.807, 2.05) is 48.5 Å². The molecule has 208 valence electrons. The number of unbranched alkanes of at least 4 members (excludes halogenated alkanes) is 3. The Morgan fingerprint density at radius 3 is 2.20 bits per heavy atom. The molecule has 1 N–H and O–H groups in total. The number of aliphatic hydroxyl groups is 1. The van der Waals surface area contributed by atoms with E-state index in [-0.39, 0.29) is 35.6 Å². The van der Waals surface area contributed by atoms with Crippen LogP contribution in [0.25, 0.3) is 0 Å². The number of carbonyl (C=O) groups excluding carboxylic acids is 2. The van der Waals surface area contributed by atoms with Crippen molar-refractivity contribution in [3.05, 3.63) is 100 Å². The lowest BCUT2D eigenvalue weighted by molar-refractivity contribution is -0.116. The maximum atomic E-state index is 13.4. The van der Waals surface area contributed by atoms with Crippen LogP contribution >= 0.6 is 0 Å². The van der Waals surface area contributed by atoms with E-state index in [0.717, 1.165) is 36.8 Å². The molecule has 40 heavy (non-hydrogen) atoms. The van der Waals surface area contributed by atoms with Crippen molar-refractivity contribution in [3.8, 4) is 0 Å². The van der Waals surface area contributed by atoms with Gasteiger partial charge < -0.3 is 9.63 Å². The van der Waals surface area contributed by atoms with Gasteiger partial charge in [0, 0.05) is 44.4 Å². The summed E-state index contributed by atoms with van der Waals surface area (Å²) in [6, 6.07) is 20.1. The molecular formula is C34H38N2O4. The van der Waals surface area contributed by atoms with E-state index in [1.165, 1.54) is 0 Å². The summed E-state index contributed by atoms with van der Waals surface area (Å²) in [4.78, 5) is 31.4. The van der Waals surface area contributed by atoms with Crippen LogP contribution in [0.3, 0.4) is 0 Å². The Hall–Kier alpha value is -3.80. The molecule has 0 spiro atoms. The quantitative estimate of drug-likeness (QED) is 0.164. The van der Waals surface area contributed by atoms with Crippen molar-refractivity contribution in [2.24, 2.45) is 4.99 Å². The van der Waals surface area contributed by atoms with E-state index in [9.17, 15) is 14.7 Å². The largest absolute Gasteiger partial charge is 0.511 e. The van der Waals surface area contributed by atoms with E-state index in [1.54, 1.807) is 0 Å². The first-order valence-corrected chi connectivity index (χ1v) is 14.6. The molecule has 0 aliphatic heterocycles. The average molecular weight is 539 g/mol. The predicted octanol–water partition coefficient (Wildman–Crippen LogP) is 7.50. The molecule has 2 unspecified atom stereocenters. The molecule has 2 atom stereocenters. The summed E-state index contributed by atoms with van der Waals surface area (Å²) in [5, 5.41) is 15.4. The van der Waals surface area contributed by atoms with Gasteiger partial charge in [0.25, 0.3) is 0 Å². The van der Waals surface area contributed by atoms with Gasteiger partial charge >= 0.3 is 0 Å². The molecular weight excluding hydrogens is 500 g/mol. The molecule has 0 bridgehead atoms. The number of aromatic nitrogens is 1. The number of Topliss-reactive ketones (excluding diaryl/α,β-unsaturated/α-hetero) is 2. The van der Waals surface area contributed by atoms with Crippen LogP contribution in [-0.4, -0.2) is 34.1 Å². The zero-order valence-electron chi connectivity index (χ0n) is 23.3. The number of aliphatic hydroxyl groups excluding tert-OH is 1. The van der Waals surface area contributed by atoms with E-state index < -0.39 is 0 Å². The molecule has 0 saturated heterocycles. The van der Waals surface area contributed by atoms with Crippen LogP contribution in [0.15, 0.2) is 81.5 Å². The lowest BCUT2D eigenvalue weighted by Crippen LogP contribution is -2.27. The summed E-state index contributed by atoms with van der Waals surface area (Å²) >= 11 is 0. The SMILES string of the molecule is CCCCCCN=C1CC(c2ccccc2)CC(=O)C1=C(O)CCc1noc2c1C(=O)CC(c1ccccc1)C2. The molecule has 6 nitrogen and oxygen atoms in total. The van der Waals surface area contributed by atoms with Gasteiger partial charge in [0.15, 0.2) is 11.6 Å². The summed E-state index contributed by atoms with van der Waals surface area (Å²) in [6.07, 6.45) is 6.92. The summed E-state index contributed by atoms with van der Waals surface area (Å²) in [6.45, 7) is 2.82. The van der Waals surface area contributed by atoms with Crippen LogP contribution < -0.4 is 0 Å². The Balaban J connectivity index is 1.33. The molecule has 6 heteroatoms. The Morgan fingerprint density at radius 2 is 1.52 bits per heavy atom. The molecule has 2 aromatic carbocycles. The van der Waals surface area contributed by atoms with Gasteiger partial charge in [0.05, 0.1) is 16.8 Å². The van der Waals surface area contributed by atoms with E-state index >= 15 is 0 Å². The average Bonchev–Trinajstić information content (AvgIpc) is 3.40. The van der Waals surface area contributed by atoms with Crippen LogP contribution in [0, 0.1) is 0 Å². The number of aliphatic imine (C=N–C) groups is 1. The first-order chi connectivity index (χ1) is 19.5. The van der Waals surface area contributed by atoms with Crippen LogP contribution in [0.2, 0.25) is 0 Å². The Morgan fingerprint density at radius 1 is 0.875 bits per heavy atom. The van der Waals surface area contributed by atoms with Crippen molar-refractivity contribution in [1.82, 2.24) is 5.16 Å². The second kappa shape index (κ2) is 13.0. The van der Waals surface area contributed by atoms with Crippen molar-refractivity contribution in [1.29, 1.82) is 0 Å². The number of aryl methyl sites for hydroxylation is 1. The molecule has 1 saturated carbocycles. The third-order valence-electron chi connectivity index (χ3n) is 8.16. The van der Waals surface area contributed by atoms with Crippen LogP contribution in [0.1, 0.15) is 103 Å². The van der Waals surface area contributed by atoms with Crippen LogP contribution in [0.4, 0.5) is 0 Å². The molecule has 1 fully saturated rings. The molecule has 0 radical (unpaired) electrons. The van der Waals surface area contributed by atoms with E-state index in [2.05, 4.69) is 24.2 Å². The van der Waals surface area contributed by atoms with Gasteiger partial charge in [-0.2, -0.15) is 0 Å². The van der Waals surface area contributed by atoms with Crippen molar-refractivity contribution in [3.63, 3.8) is 0 Å². The summed E-state index contributed by atoms with van der Waals surface area (Å²) in [5.74, 6) is 0.719. The number of rotatable bonds is 10. The Kier molecular flexibility index (Phi) is 9.04. The van der Waals surface area contributed by atoms with Gasteiger partial charge in [-0.15, -0.1) is 0 Å². The number of carbonyl (C=O) groups is 2. The second-order valence-electron chi connectivity index (χ2n) is 11.0. The first kappa shape index (κ1) is 27.8. The first-order valence-electron chi connectivity index (χ1n) is 14.6. The molecule has 1 heterocycles. The highest BCUT2D eigenvalue weighted by atomic mass is 16.5. The van der Waals surface area contributed by atoms with Gasteiger partial charge in [-0.25, -0.2) is 0 Å². The normalized spacial score (nSPS) is 21.5. The van der Waals surface area contributed by atoms with E-state index in [4.69, 9.17) is 9.52 Å². The maximum absolute atomic E-state index is 13.4. The van der Waals surface area contributed by atoms with E-state index in [0.29, 0.717) is 67.0 Å². The predicted molar refractivity (Wildman–Crippen MR) is 156 cm³/mol. The fourth-order valence-corrected chi connectivity index (χ4v) is 6.01. The minimum absolute atomic E-state index is 0.0206.